The second-order valence-corrected chi connectivity index (χ2v) is 7.09. The standard InChI is InChI=1S/C17H25NO3/c1-16(2,3)21-15(19)18-14(11-12-17(18,4)5)20-13-9-7-6-8-10-13/h6-10,14H,11-12H2,1-5H3. The van der Waals surface area contributed by atoms with E-state index < -0.39 is 5.60 Å². The lowest BCUT2D eigenvalue weighted by Gasteiger charge is -2.36. The van der Waals surface area contributed by atoms with E-state index in [2.05, 4.69) is 0 Å². The van der Waals surface area contributed by atoms with E-state index >= 15 is 0 Å². The molecular formula is C17H25NO3. The normalized spacial score (nSPS) is 21.2. The Morgan fingerprint density at radius 2 is 1.86 bits per heavy atom. The van der Waals surface area contributed by atoms with Crippen LogP contribution in [0.3, 0.4) is 0 Å². The van der Waals surface area contributed by atoms with E-state index in [-0.39, 0.29) is 17.9 Å². The van der Waals surface area contributed by atoms with Crippen molar-refractivity contribution in [1.29, 1.82) is 0 Å². The monoisotopic (exact) mass is 291 g/mol. The van der Waals surface area contributed by atoms with Gasteiger partial charge >= 0.3 is 6.09 Å². The molecule has 116 valence electrons. The Bertz CT molecular complexity index is 491. The predicted molar refractivity (Wildman–Crippen MR) is 82.2 cm³/mol. The van der Waals surface area contributed by atoms with Crippen LogP contribution in [0.15, 0.2) is 30.3 Å². The van der Waals surface area contributed by atoms with Crippen molar-refractivity contribution >= 4 is 6.09 Å². The second-order valence-electron chi connectivity index (χ2n) is 7.09. The summed E-state index contributed by atoms with van der Waals surface area (Å²) in [6.07, 6.45) is 1.11. The summed E-state index contributed by atoms with van der Waals surface area (Å²) in [5.41, 5.74) is -0.769. The lowest BCUT2D eigenvalue weighted by Crippen LogP contribution is -2.50. The number of amides is 1. The molecule has 1 heterocycles. The molecule has 4 nitrogen and oxygen atoms in total. The van der Waals surface area contributed by atoms with Crippen LogP contribution in [-0.4, -0.2) is 28.4 Å². The maximum atomic E-state index is 12.5. The van der Waals surface area contributed by atoms with Gasteiger partial charge in [-0.3, -0.25) is 4.90 Å². The van der Waals surface area contributed by atoms with Crippen LogP contribution in [-0.2, 0) is 4.74 Å². The highest BCUT2D eigenvalue weighted by molar-refractivity contribution is 5.70. The van der Waals surface area contributed by atoms with Crippen molar-refractivity contribution < 1.29 is 14.3 Å². The van der Waals surface area contributed by atoms with Crippen LogP contribution in [0.2, 0.25) is 0 Å². The summed E-state index contributed by atoms with van der Waals surface area (Å²) in [5, 5.41) is 0. The third-order valence-electron chi connectivity index (χ3n) is 3.55. The van der Waals surface area contributed by atoms with E-state index in [0.29, 0.717) is 0 Å². The number of hydrogen-bond donors (Lipinski definition) is 0. The second kappa shape index (κ2) is 5.58. The van der Waals surface area contributed by atoms with E-state index in [1.54, 1.807) is 4.90 Å². The summed E-state index contributed by atoms with van der Waals surface area (Å²) in [6.45, 7) is 9.72. The van der Waals surface area contributed by atoms with Crippen molar-refractivity contribution in [3.05, 3.63) is 30.3 Å². The first-order valence-corrected chi connectivity index (χ1v) is 7.43. The Morgan fingerprint density at radius 1 is 1.24 bits per heavy atom. The van der Waals surface area contributed by atoms with Crippen LogP contribution in [0, 0.1) is 0 Å². The van der Waals surface area contributed by atoms with Gasteiger partial charge in [0.1, 0.15) is 11.4 Å². The molecule has 0 saturated carbocycles. The number of carbonyl (C=O) groups excluding carboxylic acids is 1. The van der Waals surface area contributed by atoms with Crippen molar-refractivity contribution in [1.82, 2.24) is 4.90 Å². The molecule has 0 aliphatic carbocycles. The number of benzene rings is 1. The number of para-hydroxylation sites is 1. The van der Waals surface area contributed by atoms with E-state index in [9.17, 15) is 4.79 Å². The fourth-order valence-corrected chi connectivity index (χ4v) is 2.56. The zero-order chi connectivity index (χ0) is 15.7. The zero-order valence-corrected chi connectivity index (χ0v) is 13.6. The Labute approximate surface area is 127 Å². The lowest BCUT2D eigenvalue weighted by atomic mass is 10.0. The van der Waals surface area contributed by atoms with Gasteiger partial charge in [0.25, 0.3) is 0 Å². The maximum absolute atomic E-state index is 12.5. The van der Waals surface area contributed by atoms with Crippen LogP contribution in [0.4, 0.5) is 4.79 Å². The van der Waals surface area contributed by atoms with Gasteiger partial charge in [-0.05, 0) is 53.2 Å². The molecule has 1 aromatic carbocycles. The Balaban J connectivity index is 2.15. The van der Waals surface area contributed by atoms with Crippen molar-refractivity contribution in [3.8, 4) is 5.75 Å². The quantitative estimate of drug-likeness (QED) is 0.819. The van der Waals surface area contributed by atoms with Gasteiger partial charge in [-0.2, -0.15) is 0 Å². The smallest absolute Gasteiger partial charge is 0.413 e. The van der Waals surface area contributed by atoms with Gasteiger partial charge < -0.3 is 9.47 Å². The van der Waals surface area contributed by atoms with Gasteiger partial charge in [0.15, 0.2) is 6.23 Å². The molecule has 1 aromatic rings. The third-order valence-corrected chi connectivity index (χ3v) is 3.55. The fourth-order valence-electron chi connectivity index (χ4n) is 2.56. The molecule has 0 aromatic heterocycles. The summed E-state index contributed by atoms with van der Waals surface area (Å²) in [7, 11) is 0. The maximum Gasteiger partial charge on any atom is 0.413 e. The number of ether oxygens (including phenoxy) is 2. The van der Waals surface area contributed by atoms with Crippen LogP contribution < -0.4 is 4.74 Å². The van der Waals surface area contributed by atoms with E-state index in [1.165, 1.54) is 0 Å². The summed E-state index contributed by atoms with van der Waals surface area (Å²) in [6, 6.07) is 9.59. The fraction of sp³-hybridized carbons (Fsp3) is 0.588. The highest BCUT2D eigenvalue weighted by Crippen LogP contribution is 2.35. The van der Waals surface area contributed by atoms with Gasteiger partial charge in [0.2, 0.25) is 0 Å². The number of carbonyl (C=O) groups is 1. The van der Waals surface area contributed by atoms with E-state index in [0.717, 1.165) is 18.6 Å². The minimum atomic E-state index is -0.507. The Kier molecular flexibility index (Phi) is 4.17. The molecule has 0 N–H and O–H groups in total. The molecule has 1 amide bonds. The average molecular weight is 291 g/mol. The van der Waals surface area contributed by atoms with Crippen LogP contribution >= 0.6 is 0 Å². The third kappa shape index (κ3) is 3.90. The first-order chi connectivity index (χ1) is 9.69. The molecule has 1 atom stereocenters. The number of rotatable bonds is 2. The molecule has 2 rings (SSSR count). The van der Waals surface area contributed by atoms with Gasteiger partial charge in [-0.15, -0.1) is 0 Å². The molecule has 0 spiro atoms. The summed E-state index contributed by atoms with van der Waals surface area (Å²) in [5.74, 6) is 0.772. The summed E-state index contributed by atoms with van der Waals surface area (Å²) in [4.78, 5) is 14.2. The molecule has 1 unspecified atom stereocenters. The summed E-state index contributed by atoms with van der Waals surface area (Å²) >= 11 is 0. The molecule has 0 radical (unpaired) electrons. The zero-order valence-electron chi connectivity index (χ0n) is 13.6. The largest absolute Gasteiger partial charge is 0.470 e. The minimum Gasteiger partial charge on any atom is -0.470 e. The molecule has 1 aliphatic heterocycles. The van der Waals surface area contributed by atoms with Crippen LogP contribution in [0.5, 0.6) is 5.75 Å². The van der Waals surface area contributed by atoms with E-state index in [4.69, 9.17) is 9.47 Å². The Hall–Kier alpha value is -1.71. The first-order valence-electron chi connectivity index (χ1n) is 7.43. The molecule has 1 aliphatic rings. The molecule has 4 heteroatoms. The van der Waals surface area contributed by atoms with Crippen molar-refractivity contribution in [3.63, 3.8) is 0 Å². The van der Waals surface area contributed by atoms with Crippen molar-refractivity contribution in [2.24, 2.45) is 0 Å². The Morgan fingerprint density at radius 3 is 2.43 bits per heavy atom. The molecule has 1 saturated heterocycles. The number of nitrogens with zero attached hydrogens (tertiary/aromatic N) is 1. The molecule has 21 heavy (non-hydrogen) atoms. The van der Waals surface area contributed by atoms with Gasteiger partial charge in [-0.25, -0.2) is 4.79 Å². The molecular weight excluding hydrogens is 266 g/mol. The average Bonchev–Trinajstić information content (AvgIpc) is 2.63. The highest BCUT2D eigenvalue weighted by atomic mass is 16.6. The lowest BCUT2D eigenvalue weighted by molar-refractivity contribution is -0.0296. The SMILES string of the molecule is CC(C)(C)OC(=O)N1C(Oc2ccccc2)CCC1(C)C. The molecule has 0 bridgehead atoms. The summed E-state index contributed by atoms with van der Waals surface area (Å²) < 4.78 is 11.5. The van der Waals surface area contributed by atoms with Gasteiger partial charge in [-0.1, -0.05) is 18.2 Å². The van der Waals surface area contributed by atoms with Crippen molar-refractivity contribution in [2.45, 2.75) is 64.8 Å². The topological polar surface area (TPSA) is 38.8 Å². The molecule has 1 fully saturated rings. The van der Waals surface area contributed by atoms with Gasteiger partial charge in [0, 0.05) is 12.0 Å². The minimum absolute atomic E-state index is 0.262. The number of hydrogen-bond acceptors (Lipinski definition) is 3. The predicted octanol–water partition coefficient (Wildman–Crippen LogP) is 4.20. The van der Waals surface area contributed by atoms with Gasteiger partial charge in [0.05, 0.1) is 0 Å². The number of likely N-dealkylation sites (tertiary alicyclic amines) is 1. The van der Waals surface area contributed by atoms with Crippen LogP contribution in [0.25, 0.3) is 0 Å². The van der Waals surface area contributed by atoms with Crippen molar-refractivity contribution in [2.75, 3.05) is 0 Å². The van der Waals surface area contributed by atoms with Crippen LogP contribution in [0.1, 0.15) is 47.5 Å². The first kappa shape index (κ1) is 15.7. The van der Waals surface area contributed by atoms with E-state index in [1.807, 2.05) is 65.0 Å². The highest BCUT2D eigenvalue weighted by Gasteiger charge is 2.45.